The molecule has 2 aromatic rings. The molecule has 0 radical (unpaired) electrons. The normalized spacial score (nSPS) is 10.8. The second-order valence-corrected chi connectivity index (χ2v) is 6.46. The van der Waals surface area contributed by atoms with Crippen molar-refractivity contribution in [3.8, 4) is 6.19 Å². The van der Waals surface area contributed by atoms with Gasteiger partial charge >= 0.3 is 0 Å². The van der Waals surface area contributed by atoms with Crippen LogP contribution in [0.2, 0.25) is 10.0 Å². The zero-order chi connectivity index (χ0) is 14.8. The molecule has 0 aliphatic carbocycles. The highest BCUT2D eigenvalue weighted by atomic mass is 35.5. The van der Waals surface area contributed by atoms with Gasteiger partial charge in [0.05, 0.1) is 10.6 Å². The Labute approximate surface area is 126 Å². The molecule has 0 aliphatic heterocycles. The molecule has 0 saturated heterocycles. The molecule has 0 bridgehead atoms. The number of nitriles is 1. The van der Waals surface area contributed by atoms with Gasteiger partial charge in [-0.1, -0.05) is 23.2 Å². The topological polar surface area (TPSA) is 61.2 Å². The molecule has 0 aliphatic rings. The number of hydrogen-bond acceptors (Lipinski definition) is 3. The number of halogens is 2. The fourth-order valence-corrected chi connectivity index (χ4v) is 2.99. The SMILES string of the molecule is N#CN(c1ccc(Cl)cc1)S(=O)(=O)c1ccc(Cl)cc1. The second kappa shape index (κ2) is 5.71. The quantitative estimate of drug-likeness (QED) is 0.638. The Morgan fingerprint density at radius 3 is 1.80 bits per heavy atom. The summed E-state index contributed by atoms with van der Waals surface area (Å²) in [4.78, 5) is -0.0154. The van der Waals surface area contributed by atoms with Crippen molar-refractivity contribution in [3.63, 3.8) is 0 Å². The smallest absolute Gasteiger partial charge is 0.200 e. The highest BCUT2D eigenvalue weighted by Crippen LogP contribution is 2.25. The Kier molecular flexibility index (Phi) is 4.19. The van der Waals surface area contributed by atoms with Crippen molar-refractivity contribution in [1.29, 1.82) is 5.26 Å². The molecule has 2 aromatic carbocycles. The van der Waals surface area contributed by atoms with Crippen molar-refractivity contribution in [3.05, 3.63) is 58.6 Å². The molecule has 0 heterocycles. The molecular weight excluding hydrogens is 319 g/mol. The van der Waals surface area contributed by atoms with E-state index < -0.39 is 10.0 Å². The van der Waals surface area contributed by atoms with Crippen LogP contribution in [0, 0.1) is 11.5 Å². The van der Waals surface area contributed by atoms with E-state index >= 15 is 0 Å². The molecule has 7 heteroatoms. The van der Waals surface area contributed by atoms with Crippen molar-refractivity contribution in [2.24, 2.45) is 0 Å². The summed E-state index contributed by atoms with van der Waals surface area (Å²) < 4.78 is 25.4. The molecule has 0 fully saturated rings. The molecule has 2 rings (SSSR count). The van der Waals surface area contributed by atoms with Crippen LogP contribution in [0.15, 0.2) is 53.4 Å². The van der Waals surface area contributed by atoms with E-state index in [2.05, 4.69) is 0 Å². The molecule has 102 valence electrons. The monoisotopic (exact) mass is 326 g/mol. The van der Waals surface area contributed by atoms with Gasteiger partial charge in [-0.05, 0) is 48.5 Å². The highest BCUT2D eigenvalue weighted by Gasteiger charge is 2.24. The standard InChI is InChI=1S/C13H8Cl2N2O2S/c14-10-1-5-12(6-2-10)17(9-16)20(18,19)13-7-3-11(15)4-8-13/h1-8H. The molecule has 0 spiro atoms. The molecular formula is C13H8Cl2N2O2S. The minimum absolute atomic E-state index is 0.0154. The van der Waals surface area contributed by atoms with E-state index in [0.717, 1.165) is 0 Å². The van der Waals surface area contributed by atoms with Crippen LogP contribution in [0.5, 0.6) is 0 Å². The number of sulfonamides is 1. The van der Waals surface area contributed by atoms with E-state index in [0.29, 0.717) is 14.4 Å². The minimum atomic E-state index is -3.96. The van der Waals surface area contributed by atoms with Crippen molar-refractivity contribution in [1.82, 2.24) is 0 Å². The highest BCUT2D eigenvalue weighted by molar-refractivity contribution is 7.93. The van der Waals surface area contributed by atoms with Crippen LogP contribution >= 0.6 is 23.2 Å². The fraction of sp³-hybridized carbons (Fsp3) is 0. The number of nitrogens with zero attached hydrogens (tertiary/aromatic N) is 2. The maximum atomic E-state index is 12.4. The van der Waals surface area contributed by atoms with E-state index in [1.807, 2.05) is 0 Å². The molecule has 0 atom stereocenters. The molecule has 0 aromatic heterocycles. The van der Waals surface area contributed by atoms with Gasteiger partial charge in [0.15, 0.2) is 6.19 Å². The average Bonchev–Trinajstić information content (AvgIpc) is 2.42. The van der Waals surface area contributed by atoms with Crippen LogP contribution in [-0.4, -0.2) is 8.42 Å². The second-order valence-electron chi connectivity index (χ2n) is 3.80. The third-order valence-electron chi connectivity index (χ3n) is 2.50. The molecule has 0 unspecified atom stereocenters. The van der Waals surface area contributed by atoms with E-state index in [1.165, 1.54) is 48.5 Å². The Morgan fingerprint density at radius 2 is 1.35 bits per heavy atom. The van der Waals surface area contributed by atoms with Gasteiger partial charge in [0, 0.05) is 10.0 Å². The molecule has 20 heavy (non-hydrogen) atoms. The zero-order valence-corrected chi connectivity index (χ0v) is 12.3. The molecule has 0 saturated carbocycles. The summed E-state index contributed by atoms with van der Waals surface area (Å²) in [5.41, 5.74) is 0.215. The Bertz CT molecular complexity index is 750. The lowest BCUT2D eigenvalue weighted by Gasteiger charge is -2.16. The first-order valence-electron chi connectivity index (χ1n) is 5.41. The van der Waals surface area contributed by atoms with Gasteiger partial charge in [-0.2, -0.15) is 18.0 Å². The van der Waals surface area contributed by atoms with Crippen molar-refractivity contribution < 1.29 is 8.42 Å². The molecule has 4 nitrogen and oxygen atoms in total. The van der Waals surface area contributed by atoms with Crippen molar-refractivity contribution >= 4 is 38.9 Å². The first-order valence-corrected chi connectivity index (χ1v) is 7.61. The summed E-state index contributed by atoms with van der Waals surface area (Å²) in [5.74, 6) is 0. The van der Waals surface area contributed by atoms with Crippen LogP contribution in [-0.2, 0) is 10.0 Å². The number of benzene rings is 2. The largest absolute Gasteiger partial charge is 0.276 e. The predicted molar refractivity (Wildman–Crippen MR) is 78.2 cm³/mol. The van der Waals surface area contributed by atoms with Crippen molar-refractivity contribution in [2.45, 2.75) is 4.90 Å². The maximum absolute atomic E-state index is 12.4. The van der Waals surface area contributed by atoms with E-state index in [4.69, 9.17) is 28.5 Å². The van der Waals surface area contributed by atoms with Crippen LogP contribution in [0.4, 0.5) is 5.69 Å². The maximum Gasteiger partial charge on any atom is 0.276 e. The van der Waals surface area contributed by atoms with Crippen LogP contribution in [0.25, 0.3) is 0 Å². The van der Waals surface area contributed by atoms with Crippen LogP contribution in [0.3, 0.4) is 0 Å². The Morgan fingerprint density at radius 1 is 0.900 bits per heavy atom. The van der Waals surface area contributed by atoms with E-state index in [9.17, 15) is 8.42 Å². The van der Waals surface area contributed by atoms with Crippen LogP contribution < -0.4 is 4.31 Å². The summed E-state index contributed by atoms with van der Waals surface area (Å²) in [5, 5.41) is 10.0. The zero-order valence-electron chi connectivity index (χ0n) is 9.99. The number of rotatable bonds is 3. The first kappa shape index (κ1) is 14.7. The summed E-state index contributed by atoms with van der Waals surface area (Å²) in [6, 6.07) is 11.5. The first-order chi connectivity index (χ1) is 9.45. The Balaban J connectivity index is 2.48. The summed E-state index contributed by atoms with van der Waals surface area (Å²) >= 11 is 11.5. The number of hydrogen-bond donors (Lipinski definition) is 0. The third-order valence-corrected chi connectivity index (χ3v) is 4.65. The van der Waals surface area contributed by atoms with Crippen molar-refractivity contribution in [2.75, 3.05) is 4.31 Å². The molecule has 0 N–H and O–H groups in total. The van der Waals surface area contributed by atoms with Gasteiger partial charge in [-0.3, -0.25) is 0 Å². The average molecular weight is 327 g/mol. The number of anilines is 1. The van der Waals surface area contributed by atoms with Gasteiger partial charge in [0.2, 0.25) is 0 Å². The predicted octanol–water partition coefficient (Wildman–Crippen LogP) is 3.67. The summed E-state index contributed by atoms with van der Waals surface area (Å²) in [6.07, 6.45) is 1.66. The van der Waals surface area contributed by atoms with E-state index in [1.54, 1.807) is 6.19 Å². The summed E-state index contributed by atoms with van der Waals surface area (Å²) in [6.45, 7) is 0. The van der Waals surface area contributed by atoms with Gasteiger partial charge in [0.25, 0.3) is 10.0 Å². The lowest BCUT2D eigenvalue weighted by Crippen LogP contribution is -2.25. The lowest BCUT2D eigenvalue weighted by atomic mass is 10.3. The van der Waals surface area contributed by atoms with Gasteiger partial charge in [-0.15, -0.1) is 0 Å². The summed E-state index contributed by atoms with van der Waals surface area (Å²) in [7, 11) is -3.96. The lowest BCUT2D eigenvalue weighted by molar-refractivity contribution is 0.596. The fourth-order valence-electron chi connectivity index (χ4n) is 1.54. The van der Waals surface area contributed by atoms with E-state index in [-0.39, 0.29) is 10.6 Å². The van der Waals surface area contributed by atoms with Gasteiger partial charge in [0.1, 0.15) is 0 Å². The van der Waals surface area contributed by atoms with Gasteiger partial charge < -0.3 is 0 Å². The molecule has 0 amide bonds. The van der Waals surface area contributed by atoms with Gasteiger partial charge in [-0.25, -0.2) is 0 Å². The minimum Gasteiger partial charge on any atom is -0.200 e. The Hall–Kier alpha value is -1.74. The third kappa shape index (κ3) is 2.88. The van der Waals surface area contributed by atoms with Crippen LogP contribution in [0.1, 0.15) is 0 Å².